The van der Waals surface area contributed by atoms with Gasteiger partial charge >= 0.3 is 17.9 Å². The van der Waals surface area contributed by atoms with Crippen LogP contribution < -0.4 is 0 Å². The van der Waals surface area contributed by atoms with Crippen LogP contribution in [0.25, 0.3) is 0 Å². The van der Waals surface area contributed by atoms with E-state index >= 15 is 0 Å². The number of likely N-dealkylation sites (tertiary alicyclic amines) is 1. The molecule has 7 bridgehead atoms. The first kappa shape index (κ1) is 34.8. The molecule has 0 aromatic heterocycles. The Hall–Kier alpha value is -2.65. The summed E-state index contributed by atoms with van der Waals surface area (Å²) in [7, 11) is 6.25. The number of methoxy groups -OCH3 is 4. The predicted octanol–water partition coefficient (Wildman–Crippen LogP) is 1.22. The Bertz CT molecular complexity index is 1480. The maximum Gasteiger partial charge on any atom is 0.338 e. The highest BCUT2D eigenvalue weighted by Crippen LogP contribution is 2.80. The van der Waals surface area contributed by atoms with E-state index in [1.54, 1.807) is 51.7 Å². The molecule has 1 spiro atoms. The summed E-state index contributed by atoms with van der Waals surface area (Å²) in [5.74, 6) is -4.24. The van der Waals surface area contributed by atoms with Gasteiger partial charge in [0, 0.05) is 89.9 Å². The monoisotopic (exact) mass is 687 g/mol. The molecule has 5 aliphatic carbocycles. The van der Waals surface area contributed by atoms with Crippen molar-refractivity contribution in [3.63, 3.8) is 0 Å². The van der Waals surface area contributed by atoms with Crippen LogP contribution in [-0.2, 0) is 42.7 Å². The third kappa shape index (κ3) is 4.21. The van der Waals surface area contributed by atoms with E-state index in [-0.39, 0.29) is 24.6 Å². The summed E-state index contributed by atoms with van der Waals surface area (Å²) in [4.78, 5) is 42.2. The van der Waals surface area contributed by atoms with E-state index in [0.29, 0.717) is 19.5 Å². The van der Waals surface area contributed by atoms with E-state index in [9.17, 15) is 24.6 Å². The fourth-order valence-corrected chi connectivity index (χ4v) is 12.7. The third-order valence-electron chi connectivity index (χ3n) is 13.4. The standard InChI is InChI=1S/C36H49NO12/c1-8-37-16-33(17-43-4)22(47-18(2)38)14-23(44-5)35-21-15-34(42)30(48-32(41)20-12-10-9-11-13-20)24(21)36(49-19(3)39,29(40)31(34)46-7)25(28(35)37)26(45-6)27(33)35/h9-13,21-31,40,42H,8,14-17H2,1-7H3/t21-,22-,23?,24-,25?,26?,27-,28?,29+,30-,31+,33+,34-,35?,36-/m1/s1. The minimum atomic E-state index is -1.86. The Morgan fingerprint density at radius 1 is 0.918 bits per heavy atom. The van der Waals surface area contributed by atoms with Gasteiger partial charge in [0.1, 0.15) is 30.0 Å². The molecule has 5 unspecified atom stereocenters. The first-order chi connectivity index (χ1) is 23.4. The molecule has 1 aromatic carbocycles. The fraction of sp³-hybridized carbons (Fsp3) is 0.750. The molecule has 6 fully saturated rings. The van der Waals surface area contributed by atoms with Crippen molar-refractivity contribution < 1.29 is 57.8 Å². The van der Waals surface area contributed by atoms with Crippen molar-refractivity contribution >= 4 is 17.9 Å². The van der Waals surface area contributed by atoms with Gasteiger partial charge in [-0.25, -0.2) is 4.79 Å². The first-order valence-electron chi connectivity index (χ1n) is 17.2. The second kappa shape index (κ2) is 12.0. The number of hydrogen-bond acceptors (Lipinski definition) is 13. The summed E-state index contributed by atoms with van der Waals surface area (Å²) >= 11 is 0. The van der Waals surface area contributed by atoms with E-state index < -0.39 is 100 Å². The van der Waals surface area contributed by atoms with Gasteiger partial charge in [-0.05, 0) is 31.0 Å². The van der Waals surface area contributed by atoms with Crippen molar-refractivity contribution in [2.45, 2.75) is 87.5 Å². The van der Waals surface area contributed by atoms with Crippen molar-refractivity contribution in [2.24, 2.45) is 34.5 Å². The summed E-state index contributed by atoms with van der Waals surface area (Å²) in [5.41, 5.74) is -4.92. The lowest BCUT2D eigenvalue weighted by Crippen LogP contribution is -2.81. The van der Waals surface area contributed by atoms with Crippen LogP contribution in [0.1, 0.15) is 44.0 Å². The molecule has 0 radical (unpaired) electrons. The second-order valence-electron chi connectivity index (χ2n) is 15.0. The molecule has 49 heavy (non-hydrogen) atoms. The summed E-state index contributed by atoms with van der Waals surface area (Å²) in [5, 5.41) is 25.5. The van der Waals surface area contributed by atoms with Crippen LogP contribution in [0.3, 0.4) is 0 Å². The number of carbonyl (C=O) groups is 3. The van der Waals surface area contributed by atoms with Crippen molar-refractivity contribution in [2.75, 3.05) is 48.1 Å². The first-order valence-corrected chi connectivity index (χ1v) is 17.2. The highest BCUT2D eigenvalue weighted by Gasteiger charge is 2.92. The Kier molecular flexibility index (Phi) is 8.49. The number of nitrogens with zero attached hydrogens (tertiary/aromatic N) is 1. The lowest BCUT2D eigenvalue weighted by atomic mass is 9.42. The molecule has 1 saturated heterocycles. The Morgan fingerprint density at radius 2 is 1.63 bits per heavy atom. The maximum absolute atomic E-state index is 13.8. The van der Waals surface area contributed by atoms with Gasteiger partial charge < -0.3 is 43.4 Å². The maximum atomic E-state index is 13.8. The summed E-state index contributed by atoms with van der Waals surface area (Å²) < 4.78 is 43.9. The van der Waals surface area contributed by atoms with Crippen LogP contribution in [0.2, 0.25) is 0 Å². The molecule has 5 saturated carbocycles. The number of benzene rings is 1. The predicted molar refractivity (Wildman–Crippen MR) is 170 cm³/mol. The minimum Gasteiger partial charge on any atom is -0.462 e. The third-order valence-corrected chi connectivity index (χ3v) is 13.4. The number of piperidine rings is 1. The van der Waals surface area contributed by atoms with Gasteiger partial charge in [-0.2, -0.15) is 0 Å². The Morgan fingerprint density at radius 3 is 2.20 bits per heavy atom. The number of ether oxygens (including phenoxy) is 7. The summed E-state index contributed by atoms with van der Waals surface area (Å²) in [6.07, 6.45) is -5.45. The van der Waals surface area contributed by atoms with Gasteiger partial charge in [0.15, 0.2) is 5.60 Å². The van der Waals surface area contributed by atoms with Crippen LogP contribution in [0.4, 0.5) is 0 Å². The zero-order valence-electron chi connectivity index (χ0n) is 29.2. The van der Waals surface area contributed by atoms with Crippen LogP contribution in [0.15, 0.2) is 30.3 Å². The molecule has 1 aliphatic heterocycles. The lowest BCUT2D eigenvalue weighted by molar-refractivity contribution is -0.322. The molecule has 270 valence electrons. The molecule has 13 heteroatoms. The molecule has 0 amide bonds. The van der Waals surface area contributed by atoms with Crippen LogP contribution >= 0.6 is 0 Å². The number of esters is 3. The Labute approximate surface area is 286 Å². The van der Waals surface area contributed by atoms with Crippen molar-refractivity contribution in [1.29, 1.82) is 0 Å². The molecular weight excluding hydrogens is 638 g/mol. The van der Waals surface area contributed by atoms with E-state index in [0.717, 1.165) is 0 Å². The van der Waals surface area contributed by atoms with Gasteiger partial charge in [0.2, 0.25) is 0 Å². The van der Waals surface area contributed by atoms with Crippen molar-refractivity contribution in [3.05, 3.63) is 35.9 Å². The average Bonchev–Trinajstić information content (AvgIpc) is 3.44. The smallest absolute Gasteiger partial charge is 0.338 e. The molecule has 1 aromatic rings. The van der Waals surface area contributed by atoms with Gasteiger partial charge in [0.25, 0.3) is 0 Å². The molecule has 6 aliphatic rings. The fourth-order valence-electron chi connectivity index (χ4n) is 12.7. The number of aliphatic hydroxyl groups is 2. The number of carbonyl (C=O) groups excluding carboxylic acids is 3. The average molecular weight is 688 g/mol. The quantitative estimate of drug-likeness (QED) is 0.267. The van der Waals surface area contributed by atoms with Crippen LogP contribution in [-0.4, -0.2) is 135 Å². The highest BCUT2D eigenvalue weighted by atomic mass is 16.6. The molecule has 15 atom stereocenters. The zero-order chi connectivity index (χ0) is 35.3. The topological polar surface area (TPSA) is 160 Å². The lowest BCUT2D eigenvalue weighted by Gasteiger charge is -2.70. The van der Waals surface area contributed by atoms with E-state index in [2.05, 4.69) is 4.90 Å². The zero-order valence-corrected chi connectivity index (χ0v) is 29.2. The van der Waals surface area contributed by atoms with Gasteiger partial charge in [-0.1, -0.05) is 25.1 Å². The van der Waals surface area contributed by atoms with E-state index in [1.165, 1.54) is 21.0 Å². The molecule has 13 nitrogen and oxygen atoms in total. The second-order valence-corrected chi connectivity index (χ2v) is 15.0. The van der Waals surface area contributed by atoms with Crippen molar-refractivity contribution in [3.8, 4) is 0 Å². The van der Waals surface area contributed by atoms with Gasteiger partial charge in [-0.15, -0.1) is 0 Å². The minimum absolute atomic E-state index is 0.0534. The normalized spacial score (nSPS) is 47.4. The highest BCUT2D eigenvalue weighted by molar-refractivity contribution is 5.89. The van der Waals surface area contributed by atoms with E-state index in [1.807, 2.05) is 6.92 Å². The molecule has 1 heterocycles. The molecule has 7 rings (SSSR count). The van der Waals surface area contributed by atoms with Crippen LogP contribution in [0, 0.1) is 34.5 Å². The van der Waals surface area contributed by atoms with E-state index in [4.69, 9.17) is 33.2 Å². The molecule has 2 N–H and O–H groups in total. The number of fused-ring (bicyclic) bond motifs is 2. The van der Waals surface area contributed by atoms with Crippen molar-refractivity contribution in [1.82, 2.24) is 4.90 Å². The summed E-state index contributed by atoms with van der Waals surface area (Å²) in [6.45, 7) is 5.99. The largest absolute Gasteiger partial charge is 0.462 e. The number of hydrogen-bond donors (Lipinski definition) is 2. The number of rotatable bonds is 10. The Balaban J connectivity index is 1.53. The van der Waals surface area contributed by atoms with Gasteiger partial charge in [0.05, 0.1) is 24.4 Å². The summed E-state index contributed by atoms with van der Waals surface area (Å²) in [6, 6.07) is 8.12. The van der Waals surface area contributed by atoms with Crippen LogP contribution in [0.5, 0.6) is 0 Å². The SMILES string of the molecule is CCN1C[C@]2(COC)[C@H](OC(C)=O)CC(OC)C34C1C(C(OC)[C@@H]32)[C@]1(OC(C)=O)[C@@H]2[C@H]4C[C@@](O)([C@@H]2OC(=O)c2ccccc2)[C@@H](OC)[C@@H]1O. The van der Waals surface area contributed by atoms with Gasteiger partial charge in [-0.3, -0.25) is 14.5 Å². The molecular formula is C36H49NO12. The number of aliphatic hydroxyl groups excluding tert-OH is 1.